The van der Waals surface area contributed by atoms with Crippen LogP contribution in [-0.4, -0.2) is 16.1 Å². The number of pyridine rings is 1. The summed E-state index contributed by atoms with van der Waals surface area (Å²) in [6, 6.07) is 0.532. The van der Waals surface area contributed by atoms with Gasteiger partial charge in [-0.15, -0.1) is 0 Å². The molecule has 0 amide bonds. The van der Waals surface area contributed by atoms with Crippen LogP contribution in [0, 0.1) is 9.52 Å². The molecule has 0 aliphatic heterocycles. The van der Waals surface area contributed by atoms with E-state index in [4.69, 9.17) is 5.11 Å². The number of alkyl halides is 2. The van der Waals surface area contributed by atoms with Crippen LogP contribution in [0.15, 0.2) is 6.07 Å². The number of carbonyl (C=O) groups is 1. The largest absolute Gasteiger partial charge is 0.477 e. The molecule has 0 aliphatic rings. The van der Waals surface area contributed by atoms with Crippen molar-refractivity contribution in [1.82, 2.24) is 4.98 Å². The third kappa shape index (κ3) is 2.14. The number of carboxylic acid groups (broad SMARTS) is 1. The maximum absolute atomic E-state index is 13.0. The van der Waals surface area contributed by atoms with Crippen LogP contribution in [0.2, 0.25) is 0 Å². The molecule has 0 saturated heterocycles. The molecule has 0 atom stereocenters. The van der Waals surface area contributed by atoms with E-state index < -0.39 is 29.5 Å². The zero-order valence-corrected chi connectivity index (χ0v) is 8.63. The monoisotopic (exact) mass is 317 g/mol. The van der Waals surface area contributed by atoms with Gasteiger partial charge in [-0.1, -0.05) is 0 Å². The van der Waals surface area contributed by atoms with Crippen molar-refractivity contribution in [1.29, 1.82) is 0 Å². The fourth-order valence-corrected chi connectivity index (χ4v) is 1.36. The minimum atomic E-state index is -3.05. The molecule has 0 saturated carbocycles. The predicted octanol–water partition coefficient (Wildman–Crippen LogP) is 2.46. The maximum Gasteiger partial charge on any atom is 0.354 e. The highest BCUT2D eigenvalue weighted by molar-refractivity contribution is 14.1. The predicted molar refractivity (Wildman–Crippen MR) is 48.8 cm³/mol. The van der Waals surface area contributed by atoms with Crippen molar-refractivity contribution in [3.8, 4) is 0 Å². The van der Waals surface area contributed by atoms with E-state index in [-0.39, 0.29) is 3.70 Å². The first-order valence-corrected chi connectivity index (χ1v) is 4.38. The van der Waals surface area contributed by atoms with Crippen LogP contribution in [-0.2, 0) is 0 Å². The van der Waals surface area contributed by atoms with Gasteiger partial charge in [0.05, 0.1) is 5.56 Å². The van der Waals surface area contributed by atoms with Crippen LogP contribution >= 0.6 is 22.6 Å². The Morgan fingerprint density at radius 2 is 2.14 bits per heavy atom. The number of aromatic nitrogens is 1. The number of nitrogens with zero attached hydrogens (tertiary/aromatic N) is 1. The fraction of sp³-hybridized carbons (Fsp3) is 0.143. The number of rotatable bonds is 2. The van der Waals surface area contributed by atoms with Crippen molar-refractivity contribution >= 4 is 28.6 Å². The lowest BCUT2D eigenvalue weighted by atomic mass is 10.2. The van der Waals surface area contributed by atoms with E-state index in [0.717, 1.165) is 0 Å². The molecule has 1 rings (SSSR count). The van der Waals surface area contributed by atoms with E-state index in [1.165, 1.54) is 22.6 Å². The van der Waals surface area contributed by atoms with Crippen LogP contribution in [0.5, 0.6) is 0 Å². The van der Waals surface area contributed by atoms with Crippen LogP contribution in [0.1, 0.15) is 22.5 Å². The molecule has 0 unspecified atom stereocenters. The van der Waals surface area contributed by atoms with E-state index in [1.807, 2.05) is 0 Å². The van der Waals surface area contributed by atoms with E-state index in [0.29, 0.717) is 6.07 Å². The molecule has 0 spiro atoms. The molecular formula is C7H3F3INO2. The molecule has 0 aliphatic carbocycles. The molecule has 1 aromatic heterocycles. The summed E-state index contributed by atoms with van der Waals surface area (Å²) in [6.45, 7) is 0. The van der Waals surface area contributed by atoms with Crippen molar-refractivity contribution < 1.29 is 23.1 Å². The number of hydrogen-bond donors (Lipinski definition) is 1. The van der Waals surface area contributed by atoms with Crippen molar-refractivity contribution in [2.45, 2.75) is 6.43 Å². The van der Waals surface area contributed by atoms with Crippen molar-refractivity contribution in [3.63, 3.8) is 0 Å². The molecule has 0 bridgehead atoms. The summed E-state index contributed by atoms with van der Waals surface area (Å²) in [5.41, 5.74) is -1.53. The molecular weight excluding hydrogens is 314 g/mol. The van der Waals surface area contributed by atoms with Gasteiger partial charge in [-0.25, -0.2) is 22.9 Å². The quantitative estimate of drug-likeness (QED) is 0.673. The molecule has 0 fully saturated rings. The highest BCUT2D eigenvalue weighted by Gasteiger charge is 2.20. The highest BCUT2D eigenvalue weighted by atomic mass is 127. The van der Waals surface area contributed by atoms with E-state index >= 15 is 0 Å². The van der Waals surface area contributed by atoms with E-state index in [9.17, 15) is 18.0 Å². The van der Waals surface area contributed by atoms with Gasteiger partial charge in [0.15, 0.2) is 5.82 Å². The minimum Gasteiger partial charge on any atom is -0.477 e. The number of carboxylic acids is 1. The van der Waals surface area contributed by atoms with Gasteiger partial charge in [0.25, 0.3) is 6.43 Å². The van der Waals surface area contributed by atoms with Gasteiger partial charge in [0, 0.05) is 0 Å². The lowest BCUT2D eigenvalue weighted by Gasteiger charge is -2.04. The first-order valence-electron chi connectivity index (χ1n) is 3.31. The van der Waals surface area contributed by atoms with Crippen LogP contribution in [0.4, 0.5) is 13.2 Å². The molecule has 1 heterocycles. The Morgan fingerprint density at radius 3 is 2.57 bits per heavy atom. The van der Waals surface area contributed by atoms with Crippen LogP contribution in [0.3, 0.4) is 0 Å². The highest BCUT2D eigenvalue weighted by Crippen LogP contribution is 2.24. The van der Waals surface area contributed by atoms with Gasteiger partial charge < -0.3 is 5.11 Å². The second-order valence-electron chi connectivity index (χ2n) is 2.31. The van der Waals surface area contributed by atoms with Gasteiger partial charge in [-0.2, -0.15) is 0 Å². The Bertz CT molecular complexity index is 383. The number of hydrogen-bond acceptors (Lipinski definition) is 2. The molecule has 0 aromatic carbocycles. The Balaban J connectivity index is 3.35. The third-order valence-corrected chi connectivity index (χ3v) is 2.11. The summed E-state index contributed by atoms with van der Waals surface area (Å²) >= 11 is 1.36. The molecule has 1 N–H and O–H groups in total. The lowest BCUT2D eigenvalue weighted by Crippen LogP contribution is -2.06. The van der Waals surface area contributed by atoms with Crippen LogP contribution in [0.25, 0.3) is 0 Å². The maximum atomic E-state index is 13.0. The van der Waals surface area contributed by atoms with Gasteiger partial charge in [0.1, 0.15) is 9.39 Å². The standard InChI is InChI=1S/C7H3F3INO2/c8-4-2(5(9)10)1-3(7(13)14)12-6(4)11/h1,5H,(H,13,14). The Morgan fingerprint density at radius 1 is 1.57 bits per heavy atom. The Labute approximate surface area is 90.1 Å². The van der Waals surface area contributed by atoms with Crippen molar-refractivity contribution in [3.05, 3.63) is 26.8 Å². The van der Waals surface area contributed by atoms with Gasteiger partial charge in [0.2, 0.25) is 0 Å². The molecule has 14 heavy (non-hydrogen) atoms. The van der Waals surface area contributed by atoms with E-state index in [2.05, 4.69) is 4.98 Å². The Kier molecular flexibility index (Phi) is 3.29. The lowest BCUT2D eigenvalue weighted by molar-refractivity contribution is 0.0689. The Hall–Kier alpha value is -0.860. The summed E-state index contributed by atoms with van der Waals surface area (Å²) in [6.07, 6.45) is -3.05. The SMILES string of the molecule is O=C(O)c1cc(C(F)F)c(F)c(I)n1. The average molecular weight is 317 g/mol. The average Bonchev–Trinajstić information content (AvgIpc) is 2.08. The molecule has 3 nitrogen and oxygen atoms in total. The molecule has 1 aromatic rings. The van der Waals surface area contributed by atoms with Gasteiger partial charge >= 0.3 is 5.97 Å². The van der Waals surface area contributed by atoms with Gasteiger partial charge in [-0.3, -0.25) is 0 Å². The second kappa shape index (κ2) is 4.11. The molecule has 76 valence electrons. The summed E-state index contributed by atoms with van der Waals surface area (Å²) in [5.74, 6) is -2.64. The summed E-state index contributed by atoms with van der Waals surface area (Å²) in [7, 11) is 0. The zero-order valence-electron chi connectivity index (χ0n) is 6.47. The molecule has 0 radical (unpaired) electrons. The summed E-state index contributed by atoms with van der Waals surface area (Å²) < 4.78 is 37.0. The summed E-state index contributed by atoms with van der Waals surface area (Å²) in [4.78, 5) is 13.7. The smallest absolute Gasteiger partial charge is 0.354 e. The third-order valence-electron chi connectivity index (χ3n) is 1.40. The van der Waals surface area contributed by atoms with Crippen LogP contribution < -0.4 is 0 Å². The number of aromatic carboxylic acids is 1. The molecule has 7 heteroatoms. The van der Waals surface area contributed by atoms with E-state index in [1.54, 1.807) is 0 Å². The minimum absolute atomic E-state index is 0.377. The second-order valence-corrected chi connectivity index (χ2v) is 3.33. The first kappa shape index (κ1) is 11.2. The fourth-order valence-electron chi connectivity index (χ4n) is 0.785. The zero-order chi connectivity index (χ0) is 10.9. The summed E-state index contributed by atoms with van der Waals surface area (Å²) in [5, 5.41) is 8.47. The van der Waals surface area contributed by atoms with Crippen molar-refractivity contribution in [2.24, 2.45) is 0 Å². The normalized spacial score (nSPS) is 10.6. The van der Waals surface area contributed by atoms with Crippen molar-refractivity contribution in [2.75, 3.05) is 0 Å². The number of halogens is 4. The first-order chi connectivity index (χ1) is 6.43. The van der Waals surface area contributed by atoms with Gasteiger partial charge in [-0.05, 0) is 28.7 Å². The topological polar surface area (TPSA) is 50.2 Å².